The van der Waals surface area contributed by atoms with Gasteiger partial charge in [0.25, 0.3) is 0 Å². The van der Waals surface area contributed by atoms with Crippen molar-refractivity contribution in [2.75, 3.05) is 13.7 Å². The molecule has 0 fully saturated rings. The maximum Gasteiger partial charge on any atom is 0.384 e. The van der Waals surface area contributed by atoms with E-state index in [1.807, 2.05) is 30.2 Å². The SMILES string of the molecule is C#CC(=O)OCCc1ccccc1OC. The van der Waals surface area contributed by atoms with Crippen LogP contribution in [0.2, 0.25) is 0 Å². The Kier molecular flexibility index (Phi) is 4.24. The molecule has 0 spiro atoms. The number of methoxy groups -OCH3 is 1. The third kappa shape index (κ3) is 3.35. The molecule has 0 heterocycles. The van der Waals surface area contributed by atoms with E-state index in [0.717, 1.165) is 11.3 Å². The van der Waals surface area contributed by atoms with Crippen molar-refractivity contribution in [2.45, 2.75) is 6.42 Å². The van der Waals surface area contributed by atoms with Crippen molar-refractivity contribution >= 4 is 5.97 Å². The van der Waals surface area contributed by atoms with E-state index < -0.39 is 5.97 Å². The number of para-hydroxylation sites is 1. The van der Waals surface area contributed by atoms with Crippen LogP contribution in [0.3, 0.4) is 0 Å². The van der Waals surface area contributed by atoms with Gasteiger partial charge in [0.15, 0.2) is 0 Å². The zero-order valence-electron chi connectivity index (χ0n) is 8.53. The van der Waals surface area contributed by atoms with Crippen LogP contribution in [0.25, 0.3) is 0 Å². The molecular formula is C12H12O3. The molecule has 0 aromatic heterocycles. The van der Waals surface area contributed by atoms with E-state index >= 15 is 0 Å². The summed E-state index contributed by atoms with van der Waals surface area (Å²) in [5.41, 5.74) is 0.991. The van der Waals surface area contributed by atoms with Crippen LogP contribution in [0, 0.1) is 12.3 Å². The number of terminal acetylenes is 1. The molecule has 0 aliphatic heterocycles. The van der Waals surface area contributed by atoms with Gasteiger partial charge >= 0.3 is 5.97 Å². The fraction of sp³-hybridized carbons (Fsp3) is 0.250. The van der Waals surface area contributed by atoms with Gasteiger partial charge in [0.05, 0.1) is 13.7 Å². The summed E-state index contributed by atoms with van der Waals surface area (Å²) in [6.07, 6.45) is 5.45. The van der Waals surface area contributed by atoms with Crippen LogP contribution < -0.4 is 4.74 Å². The molecule has 0 atom stereocenters. The molecule has 0 radical (unpaired) electrons. The third-order valence-electron chi connectivity index (χ3n) is 1.91. The third-order valence-corrected chi connectivity index (χ3v) is 1.91. The normalized spacial score (nSPS) is 9.07. The Morgan fingerprint density at radius 1 is 1.47 bits per heavy atom. The van der Waals surface area contributed by atoms with Gasteiger partial charge in [0, 0.05) is 12.3 Å². The first kappa shape index (κ1) is 11.1. The number of ether oxygens (including phenoxy) is 2. The van der Waals surface area contributed by atoms with E-state index in [4.69, 9.17) is 15.9 Å². The average molecular weight is 204 g/mol. The van der Waals surface area contributed by atoms with Crippen molar-refractivity contribution in [3.63, 3.8) is 0 Å². The predicted octanol–water partition coefficient (Wildman–Crippen LogP) is 1.41. The van der Waals surface area contributed by atoms with Crippen molar-refractivity contribution in [1.29, 1.82) is 0 Å². The van der Waals surface area contributed by atoms with Crippen LogP contribution in [0.15, 0.2) is 24.3 Å². The van der Waals surface area contributed by atoms with Gasteiger partial charge in [-0.15, -0.1) is 6.42 Å². The topological polar surface area (TPSA) is 35.5 Å². The second-order valence-corrected chi connectivity index (χ2v) is 2.84. The van der Waals surface area contributed by atoms with Crippen LogP contribution in [0.5, 0.6) is 5.75 Å². The molecule has 1 aromatic carbocycles. The van der Waals surface area contributed by atoms with Gasteiger partial charge < -0.3 is 9.47 Å². The van der Waals surface area contributed by atoms with Crippen molar-refractivity contribution < 1.29 is 14.3 Å². The van der Waals surface area contributed by atoms with Gasteiger partial charge in [-0.1, -0.05) is 18.2 Å². The van der Waals surface area contributed by atoms with Gasteiger partial charge in [-0.2, -0.15) is 0 Å². The van der Waals surface area contributed by atoms with Crippen LogP contribution in [-0.4, -0.2) is 19.7 Å². The second-order valence-electron chi connectivity index (χ2n) is 2.84. The highest BCUT2D eigenvalue weighted by Gasteiger charge is 2.02. The Morgan fingerprint density at radius 2 is 2.20 bits per heavy atom. The van der Waals surface area contributed by atoms with Crippen molar-refractivity contribution in [3.05, 3.63) is 29.8 Å². The van der Waals surface area contributed by atoms with E-state index in [0.29, 0.717) is 6.42 Å². The lowest BCUT2D eigenvalue weighted by Crippen LogP contribution is -2.05. The van der Waals surface area contributed by atoms with Crippen LogP contribution >= 0.6 is 0 Å². The number of hydrogen-bond donors (Lipinski definition) is 0. The van der Waals surface area contributed by atoms with Crippen molar-refractivity contribution in [3.8, 4) is 18.1 Å². The Bertz CT molecular complexity index is 377. The smallest absolute Gasteiger partial charge is 0.384 e. The lowest BCUT2D eigenvalue weighted by Gasteiger charge is -2.07. The van der Waals surface area contributed by atoms with E-state index in [1.54, 1.807) is 7.11 Å². The van der Waals surface area contributed by atoms with Crippen LogP contribution in [0.4, 0.5) is 0 Å². The molecule has 1 aromatic rings. The van der Waals surface area contributed by atoms with Gasteiger partial charge in [0.2, 0.25) is 0 Å². The standard InChI is InChI=1S/C12H12O3/c1-3-12(13)15-9-8-10-6-4-5-7-11(10)14-2/h1,4-7H,8-9H2,2H3. The second kappa shape index (κ2) is 5.71. The monoisotopic (exact) mass is 204 g/mol. The molecule has 3 nitrogen and oxygen atoms in total. The predicted molar refractivity (Wildman–Crippen MR) is 56.5 cm³/mol. The number of hydrogen-bond acceptors (Lipinski definition) is 3. The summed E-state index contributed by atoms with van der Waals surface area (Å²) in [6, 6.07) is 7.57. The Hall–Kier alpha value is -1.95. The maximum absolute atomic E-state index is 10.7. The maximum atomic E-state index is 10.7. The summed E-state index contributed by atoms with van der Waals surface area (Å²) in [6.45, 7) is 0.267. The summed E-state index contributed by atoms with van der Waals surface area (Å²) in [7, 11) is 1.60. The molecule has 0 saturated carbocycles. The van der Waals surface area contributed by atoms with Crippen LogP contribution in [0.1, 0.15) is 5.56 Å². The lowest BCUT2D eigenvalue weighted by molar-refractivity contribution is -0.136. The number of carbonyl (C=O) groups is 1. The van der Waals surface area contributed by atoms with Gasteiger partial charge in [-0.3, -0.25) is 0 Å². The Morgan fingerprint density at radius 3 is 2.87 bits per heavy atom. The van der Waals surface area contributed by atoms with E-state index in [2.05, 4.69) is 0 Å². The molecule has 0 unspecified atom stereocenters. The highest BCUT2D eigenvalue weighted by molar-refractivity contribution is 5.87. The first-order chi connectivity index (χ1) is 7.27. The lowest BCUT2D eigenvalue weighted by atomic mass is 10.1. The van der Waals surface area contributed by atoms with Gasteiger partial charge in [0.1, 0.15) is 5.75 Å². The fourth-order valence-electron chi connectivity index (χ4n) is 1.20. The molecule has 0 N–H and O–H groups in total. The van der Waals surface area contributed by atoms with E-state index in [9.17, 15) is 4.79 Å². The number of esters is 1. The molecule has 0 aliphatic carbocycles. The quantitative estimate of drug-likeness (QED) is 0.422. The fourth-order valence-corrected chi connectivity index (χ4v) is 1.20. The minimum Gasteiger partial charge on any atom is -0.496 e. The molecule has 3 heteroatoms. The highest BCUT2D eigenvalue weighted by atomic mass is 16.5. The molecule has 15 heavy (non-hydrogen) atoms. The number of benzene rings is 1. The summed E-state index contributed by atoms with van der Waals surface area (Å²) in [4.78, 5) is 10.7. The summed E-state index contributed by atoms with van der Waals surface area (Å²) in [5.74, 6) is 2.04. The average Bonchev–Trinajstić information content (AvgIpc) is 2.29. The Balaban J connectivity index is 2.51. The molecule has 1 rings (SSSR count). The first-order valence-corrected chi connectivity index (χ1v) is 4.53. The van der Waals surface area contributed by atoms with Crippen molar-refractivity contribution in [1.82, 2.24) is 0 Å². The summed E-state index contributed by atoms with van der Waals surface area (Å²) in [5, 5.41) is 0. The van der Waals surface area contributed by atoms with Gasteiger partial charge in [-0.25, -0.2) is 4.79 Å². The minimum atomic E-state index is -0.634. The molecule has 0 saturated heterocycles. The van der Waals surface area contributed by atoms with Crippen LogP contribution in [-0.2, 0) is 16.0 Å². The zero-order valence-corrected chi connectivity index (χ0v) is 8.53. The van der Waals surface area contributed by atoms with E-state index in [-0.39, 0.29) is 6.61 Å². The highest BCUT2D eigenvalue weighted by Crippen LogP contribution is 2.17. The number of carbonyl (C=O) groups excluding carboxylic acids is 1. The zero-order chi connectivity index (χ0) is 11.1. The Labute approximate surface area is 89.0 Å². The molecular weight excluding hydrogens is 192 g/mol. The molecule has 0 bridgehead atoms. The minimum absolute atomic E-state index is 0.267. The van der Waals surface area contributed by atoms with E-state index in [1.165, 1.54) is 0 Å². The van der Waals surface area contributed by atoms with Crippen molar-refractivity contribution in [2.24, 2.45) is 0 Å². The molecule has 78 valence electrons. The summed E-state index contributed by atoms with van der Waals surface area (Å²) < 4.78 is 9.91. The van der Waals surface area contributed by atoms with Gasteiger partial charge in [-0.05, 0) is 11.6 Å². The molecule has 0 aliphatic rings. The first-order valence-electron chi connectivity index (χ1n) is 4.53. The summed E-state index contributed by atoms with van der Waals surface area (Å²) >= 11 is 0. The number of rotatable bonds is 4. The largest absolute Gasteiger partial charge is 0.496 e. The molecule has 0 amide bonds.